The van der Waals surface area contributed by atoms with Gasteiger partial charge >= 0.3 is 5.97 Å². The minimum atomic E-state index is -0.718. The molecule has 0 saturated carbocycles. The average Bonchev–Trinajstić information content (AvgIpc) is 2.65. The second-order valence-corrected chi connectivity index (χ2v) is 4.68. The lowest BCUT2D eigenvalue weighted by Gasteiger charge is -2.15. The first-order chi connectivity index (χ1) is 7.18. The predicted octanol–water partition coefficient (Wildman–Crippen LogP) is 1.84. The molecule has 0 bridgehead atoms. The van der Waals surface area contributed by atoms with Crippen LogP contribution in [0.4, 0.5) is 0 Å². The number of carboxylic acids is 1. The third kappa shape index (κ3) is 2.21. The van der Waals surface area contributed by atoms with Crippen molar-refractivity contribution >= 4 is 21.9 Å². The standard InChI is InChI=1S/C11H12BrNO2/c12-8-3-1-2-7(4-8)9-5-13-6-10(9)11(14)15/h1-4,9-10,13H,5-6H2,(H,14,15)/t9-,10+/m1/s1. The van der Waals surface area contributed by atoms with E-state index < -0.39 is 5.97 Å². The molecule has 1 heterocycles. The Morgan fingerprint density at radius 3 is 2.93 bits per heavy atom. The van der Waals surface area contributed by atoms with Gasteiger partial charge in [-0.15, -0.1) is 0 Å². The minimum Gasteiger partial charge on any atom is -0.481 e. The van der Waals surface area contributed by atoms with Crippen LogP contribution in [0.3, 0.4) is 0 Å². The zero-order valence-electron chi connectivity index (χ0n) is 8.11. The number of halogens is 1. The molecule has 1 aliphatic rings. The monoisotopic (exact) mass is 269 g/mol. The molecule has 0 radical (unpaired) electrons. The molecule has 1 saturated heterocycles. The Kier molecular flexibility index (Phi) is 3.07. The van der Waals surface area contributed by atoms with Crippen LogP contribution in [0.5, 0.6) is 0 Å². The zero-order valence-corrected chi connectivity index (χ0v) is 9.70. The van der Waals surface area contributed by atoms with Gasteiger partial charge < -0.3 is 10.4 Å². The van der Waals surface area contributed by atoms with Crippen molar-refractivity contribution in [2.24, 2.45) is 5.92 Å². The molecular formula is C11H12BrNO2. The van der Waals surface area contributed by atoms with Gasteiger partial charge in [0.15, 0.2) is 0 Å². The highest BCUT2D eigenvalue weighted by Crippen LogP contribution is 2.29. The molecule has 2 atom stereocenters. The Bertz CT molecular complexity index is 381. The van der Waals surface area contributed by atoms with Crippen LogP contribution in [0.2, 0.25) is 0 Å². The summed E-state index contributed by atoms with van der Waals surface area (Å²) in [5, 5.41) is 12.2. The Morgan fingerprint density at radius 1 is 1.47 bits per heavy atom. The highest BCUT2D eigenvalue weighted by atomic mass is 79.9. The van der Waals surface area contributed by atoms with Crippen LogP contribution in [0.1, 0.15) is 11.5 Å². The third-order valence-corrected chi connectivity index (χ3v) is 3.30. The van der Waals surface area contributed by atoms with E-state index in [0.29, 0.717) is 6.54 Å². The summed E-state index contributed by atoms with van der Waals surface area (Å²) in [6.45, 7) is 1.31. The van der Waals surface area contributed by atoms with E-state index in [1.165, 1.54) is 0 Å². The highest BCUT2D eigenvalue weighted by Gasteiger charge is 2.33. The van der Waals surface area contributed by atoms with Gasteiger partial charge in [0.2, 0.25) is 0 Å². The summed E-state index contributed by atoms with van der Waals surface area (Å²) in [6.07, 6.45) is 0. The summed E-state index contributed by atoms with van der Waals surface area (Å²) in [5.74, 6) is -0.940. The molecule has 0 aliphatic carbocycles. The van der Waals surface area contributed by atoms with Gasteiger partial charge in [-0.3, -0.25) is 4.79 Å². The van der Waals surface area contributed by atoms with Gasteiger partial charge in [0.05, 0.1) is 5.92 Å². The summed E-state index contributed by atoms with van der Waals surface area (Å²) >= 11 is 3.40. The fraction of sp³-hybridized carbons (Fsp3) is 0.364. The van der Waals surface area contributed by atoms with Crippen LogP contribution in [0.25, 0.3) is 0 Å². The number of benzene rings is 1. The molecule has 0 aromatic heterocycles. The van der Waals surface area contributed by atoms with Gasteiger partial charge in [-0.05, 0) is 17.7 Å². The zero-order chi connectivity index (χ0) is 10.8. The molecule has 0 unspecified atom stereocenters. The van der Waals surface area contributed by atoms with E-state index in [9.17, 15) is 4.79 Å². The van der Waals surface area contributed by atoms with E-state index in [1.54, 1.807) is 0 Å². The Labute approximate surface area is 96.6 Å². The number of hydrogen-bond donors (Lipinski definition) is 2. The first kappa shape index (κ1) is 10.6. The Hall–Kier alpha value is -0.870. The maximum absolute atomic E-state index is 11.0. The van der Waals surface area contributed by atoms with Gasteiger partial charge in [0, 0.05) is 23.5 Å². The topological polar surface area (TPSA) is 49.3 Å². The van der Waals surface area contributed by atoms with Crippen molar-refractivity contribution in [3.05, 3.63) is 34.3 Å². The molecular weight excluding hydrogens is 258 g/mol. The Balaban J connectivity index is 2.26. The smallest absolute Gasteiger partial charge is 0.308 e. The number of carboxylic acid groups (broad SMARTS) is 1. The quantitative estimate of drug-likeness (QED) is 0.862. The van der Waals surface area contributed by atoms with E-state index in [1.807, 2.05) is 24.3 Å². The van der Waals surface area contributed by atoms with Crippen molar-refractivity contribution in [1.82, 2.24) is 5.32 Å². The number of nitrogens with one attached hydrogen (secondary N) is 1. The molecule has 2 rings (SSSR count). The normalized spacial score (nSPS) is 25.4. The summed E-state index contributed by atoms with van der Waals surface area (Å²) in [7, 11) is 0. The van der Waals surface area contributed by atoms with E-state index in [2.05, 4.69) is 21.2 Å². The number of aliphatic carboxylic acids is 1. The number of rotatable bonds is 2. The van der Waals surface area contributed by atoms with Gasteiger partial charge in [0.25, 0.3) is 0 Å². The van der Waals surface area contributed by atoms with E-state index in [0.717, 1.165) is 16.6 Å². The summed E-state index contributed by atoms with van der Waals surface area (Å²) in [5.41, 5.74) is 1.08. The van der Waals surface area contributed by atoms with Crippen molar-refractivity contribution in [3.63, 3.8) is 0 Å². The van der Waals surface area contributed by atoms with Gasteiger partial charge in [-0.1, -0.05) is 28.1 Å². The largest absolute Gasteiger partial charge is 0.481 e. The van der Waals surface area contributed by atoms with Crippen LogP contribution < -0.4 is 5.32 Å². The Morgan fingerprint density at radius 2 is 2.27 bits per heavy atom. The van der Waals surface area contributed by atoms with Crippen molar-refractivity contribution in [2.75, 3.05) is 13.1 Å². The molecule has 2 N–H and O–H groups in total. The summed E-state index contributed by atoms with van der Waals surface area (Å²) in [6, 6.07) is 7.87. The van der Waals surface area contributed by atoms with Crippen LogP contribution in [-0.2, 0) is 4.79 Å². The SMILES string of the molecule is O=C(O)[C@H]1CNC[C@@H]1c1cccc(Br)c1. The van der Waals surface area contributed by atoms with Gasteiger partial charge in [0.1, 0.15) is 0 Å². The minimum absolute atomic E-state index is 0.0833. The highest BCUT2D eigenvalue weighted by molar-refractivity contribution is 9.10. The number of carbonyl (C=O) groups is 1. The summed E-state index contributed by atoms with van der Waals surface area (Å²) < 4.78 is 0.996. The lowest BCUT2D eigenvalue weighted by Crippen LogP contribution is -2.20. The third-order valence-electron chi connectivity index (χ3n) is 2.81. The van der Waals surface area contributed by atoms with Crippen molar-refractivity contribution in [2.45, 2.75) is 5.92 Å². The molecule has 1 aromatic rings. The van der Waals surface area contributed by atoms with Gasteiger partial charge in [-0.25, -0.2) is 0 Å². The lowest BCUT2D eigenvalue weighted by atomic mass is 9.89. The molecule has 4 heteroatoms. The van der Waals surface area contributed by atoms with Crippen molar-refractivity contribution < 1.29 is 9.90 Å². The van der Waals surface area contributed by atoms with Gasteiger partial charge in [-0.2, -0.15) is 0 Å². The molecule has 1 fully saturated rings. The first-order valence-corrected chi connectivity index (χ1v) is 5.67. The molecule has 0 amide bonds. The van der Waals surface area contributed by atoms with E-state index in [4.69, 9.17) is 5.11 Å². The number of hydrogen-bond acceptors (Lipinski definition) is 2. The molecule has 3 nitrogen and oxygen atoms in total. The average molecular weight is 270 g/mol. The fourth-order valence-corrected chi connectivity index (χ4v) is 2.44. The predicted molar refractivity (Wildman–Crippen MR) is 60.9 cm³/mol. The molecule has 1 aliphatic heterocycles. The summed E-state index contributed by atoms with van der Waals surface area (Å²) in [4.78, 5) is 11.0. The van der Waals surface area contributed by atoms with Crippen LogP contribution >= 0.6 is 15.9 Å². The maximum atomic E-state index is 11.0. The molecule has 80 valence electrons. The second kappa shape index (κ2) is 4.33. The first-order valence-electron chi connectivity index (χ1n) is 4.87. The van der Waals surface area contributed by atoms with Crippen molar-refractivity contribution in [3.8, 4) is 0 Å². The van der Waals surface area contributed by atoms with Crippen molar-refractivity contribution in [1.29, 1.82) is 0 Å². The van der Waals surface area contributed by atoms with E-state index in [-0.39, 0.29) is 11.8 Å². The maximum Gasteiger partial charge on any atom is 0.308 e. The van der Waals surface area contributed by atoms with Crippen LogP contribution in [0, 0.1) is 5.92 Å². The lowest BCUT2D eigenvalue weighted by molar-refractivity contribution is -0.141. The molecule has 0 spiro atoms. The van der Waals surface area contributed by atoms with Crippen LogP contribution in [-0.4, -0.2) is 24.2 Å². The van der Waals surface area contributed by atoms with Crippen LogP contribution in [0.15, 0.2) is 28.7 Å². The van der Waals surface area contributed by atoms with E-state index >= 15 is 0 Å². The fourth-order valence-electron chi connectivity index (χ4n) is 2.03. The molecule has 1 aromatic carbocycles. The molecule has 15 heavy (non-hydrogen) atoms. The second-order valence-electron chi connectivity index (χ2n) is 3.76.